The number of piperidine rings is 1. The fraction of sp³-hybridized carbons (Fsp3) is 0.524. The van der Waals surface area contributed by atoms with Crippen molar-refractivity contribution >= 4 is 11.9 Å². The van der Waals surface area contributed by atoms with E-state index in [4.69, 9.17) is 14.2 Å². The van der Waals surface area contributed by atoms with E-state index < -0.39 is 23.2 Å². The van der Waals surface area contributed by atoms with Gasteiger partial charge in [0, 0.05) is 18.4 Å². The van der Waals surface area contributed by atoms with E-state index in [1.807, 2.05) is 19.2 Å². The van der Waals surface area contributed by atoms with Crippen molar-refractivity contribution in [1.29, 1.82) is 0 Å². The molecule has 0 saturated carbocycles. The summed E-state index contributed by atoms with van der Waals surface area (Å²) in [7, 11) is 3.38. The molecule has 0 aromatic heterocycles. The van der Waals surface area contributed by atoms with E-state index in [0.29, 0.717) is 30.9 Å². The first kappa shape index (κ1) is 17.7. The van der Waals surface area contributed by atoms with Crippen LogP contribution in [0, 0.1) is 0 Å². The van der Waals surface area contributed by atoms with Gasteiger partial charge in [-0.25, -0.2) is 4.48 Å². The molecule has 2 aliphatic carbocycles. The van der Waals surface area contributed by atoms with Crippen molar-refractivity contribution in [1.82, 2.24) is 0 Å². The number of carbonyl (C=O) groups excluding carboxylic acids is 2. The first-order valence-corrected chi connectivity index (χ1v) is 9.68. The van der Waals surface area contributed by atoms with E-state index >= 15 is 0 Å². The molecule has 1 spiro atoms. The molecule has 1 saturated heterocycles. The number of likely N-dealkylation sites (tertiary alicyclic amines) is 1. The van der Waals surface area contributed by atoms with Crippen LogP contribution in [0.4, 0.5) is 4.79 Å². The van der Waals surface area contributed by atoms with Gasteiger partial charge in [0.05, 0.1) is 32.7 Å². The Hall–Kier alpha value is -2.38. The summed E-state index contributed by atoms with van der Waals surface area (Å²) in [5.74, 6) is 0.942. The number of methoxy groups -OCH3 is 1. The summed E-state index contributed by atoms with van der Waals surface area (Å²) >= 11 is 0. The highest BCUT2D eigenvalue weighted by molar-refractivity contribution is 5.99. The SMILES string of the molecule is CCOC(=O)[N+]1(C)CC[C@]23c4c5ccc(OC)c4O[C@H]2C(=O)C=C[C@@]3(O)[C@H]1C5. The van der Waals surface area contributed by atoms with Crippen LogP contribution in [0.3, 0.4) is 0 Å². The predicted octanol–water partition coefficient (Wildman–Crippen LogP) is 1.50. The largest absolute Gasteiger partial charge is 0.516 e. The lowest BCUT2D eigenvalue weighted by molar-refractivity contribution is -0.880. The van der Waals surface area contributed by atoms with Crippen LogP contribution in [0.5, 0.6) is 11.5 Å². The Morgan fingerprint density at radius 1 is 1.43 bits per heavy atom. The second kappa shape index (κ2) is 5.36. The second-order valence-electron chi connectivity index (χ2n) is 8.32. The number of hydrogen-bond donors (Lipinski definition) is 1. The number of nitrogens with zero attached hydrogens (tertiary/aromatic N) is 1. The van der Waals surface area contributed by atoms with Gasteiger partial charge in [-0.1, -0.05) is 6.07 Å². The first-order chi connectivity index (χ1) is 13.3. The molecule has 1 fully saturated rings. The number of hydrogen-bond acceptors (Lipinski definition) is 6. The average molecular weight is 386 g/mol. The van der Waals surface area contributed by atoms with E-state index in [1.54, 1.807) is 20.1 Å². The quantitative estimate of drug-likeness (QED) is 0.776. The number of benzene rings is 1. The zero-order valence-corrected chi connectivity index (χ0v) is 16.2. The molecule has 7 nitrogen and oxygen atoms in total. The number of ketones is 1. The van der Waals surface area contributed by atoms with Crippen molar-refractivity contribution in [3.8, 4) is 11.5 Å². The van der Waals surface area contributed by atoms with E-state index in [2.05, 4.69) is 0 Å². The molecule has 1 amide bonds. The van der Waals surface area contributed by atoms with Crippen LogP contribution in [0.2, 0.25) is 0 Å². The van der Waals surface area contributed by atoms with Crippen LogP contribution < -0.4 is 9.47 Å². The third-order valence-electron chi connectivity index (χ3n) is 7.30. The zero-order valence-electron chi connectivity index (χ0n) is 16.2. The molecule has 148 valence electrons. The van der Waals surface area contributed by atoms with E-state index in [9.17, 15) is 14.7 Å². The molecule has 4 aliphatic rings. The smallest absolute Gasteiger partial charge is 0.493 e. The minimum Gasteiger partial charge on any atom is -0.493 e. The molecule has 1 N–H and O–H groups in total. The van der Waals surface area contributed by atoms with Crippen LogP contribution in [0.25, 0.3) is 0 Å². The van der Waals surface area contributed by atoms with Gasteiger partial charge in [0.25, 0.3) is 0 Å². The zero-order chi connectivity index (χ0) is 19.9. The van der Waals surface area contributed by atoms with Crippen molar-refractivity contribution in [3.05, 3.63) is 35.4 Å². The maximum atomic E-state index is 12.9. The Morgan fingerprint density at radius 2 is 2.21 bits per heavy atom. The lowest BCUT2D eigenvalue weighted by atomic mass is 9.50. The molecule has 0 radical (unpaired) electrons. The van der Waals surface area contributed by atoms with Crippen LogP contribution in [-0.2, 0) is 21.4 Å². The van der Waals surface area contributed by atoms with Gasteiger partial charge in [-0.15, -0.1) is 0 Å². The summed E-state index contributed by atoms with van der Waals surface area (Å²) in [4.78, 5) is 25.7. The molecular weight excluding hydrogens is 362 g/mol. The second-order valence-corrected chi connectivity index (χ2v) is 8.32. The van der Waals surface area contributed by atoms with Crippen LogP contribution in [0.1, 0.15) is 24.5 Å². The number of quaternary nitrogens is 1. The van der Waals surface area contributed by atoms with Crippen molar-refractivity contribution < 1.29 is 33.4 Å². The summed E-state index contributed by atoms with van der Waals surface area (Å²) in [5, 5.41) is 12.1. The van der Waals surface area contributed by atoms with Gasteiger partial charge in [-0.05, 0) is 30.7 Å². The van der Waals surface area contributed by atoms with Gasteiger partial charge in [-0.2, -0.15) is 4.79 Å². The summed E-state index contributed by atoms with van der Waals surface area (Å²) in [6.45, 7) is 2.52. The van der Waals surface area contributed by atoms with Crippen molar-refractivity contribution in [3.63, 3.8) is 0 Å². The lowest BCUT2D eigenvalue weighted by Gasteiger charge is -2.60. The fourth-order valence-electron chi connectivity index (χ4n) is 5.97. The van der Waals surface area contributed by atoms with Gasteiger partial charge in [-0.3, -0.25) is 4.79 Å². The molecule has 2 heterocycles. The summed E-state index contributed by atoms with van der Waals surface area (Å²) in [6.07, 6.45) is 2.74. The summed E-state index contributed by atoms with van der Waals surface area (Å²) < 4.78 is 17.0. The maximum Gasteiger partial charge on any atom is 0.516 e. The van der Waals surface area contributed by atoms with Crippen LogP contribution in [-0.4, -0.2) is 66.5 Å². The average Bonchev–Trinajstić information content (AvgIpc) is 3.04. The Balaban J connectivity index is 1.79. The molecule has 1 aromatic carbocycles. The number of aliphatic hydroxyl groups is 1. The highest BCUT2D eigenvalue weighted by Crippen LogP contribution is 2.64. The van der Waals surface area contributed by atoms with Crippen molar-refractivity contribution in [2.75, 3.05) is 27.3 Å². The Labute approximate surface area is 163 Å². The Bertz CT molecular complexity index is 941. The van der Waals surface area contributed by atoms with Gasteiger partial charge in [0.15, 0.2) is 23.4 Å². The monoisotopic (exact) mass is 386 g/mol. The molecule has 2 aliphatic heterocycles. The van der Waals surface area contributed by atoms with E-state index in [-0.39, 0.29) is 23.0 Å². The van der Waals surface area contributed by atoms with Gasteiger partial charge in [0.2, 0.25) is 0 Å². The minimum atomic E-state index is -1.39. The summed E-state index contributed by atoms with van der Waals surface area (Å²) in [5.41, 5.74) is -0.450. The molecule has 28 heavy (non-hydrogen) atoms. The maximum absolute atomic E-state index is 12.9. The molecule has 1 unspecified atom stereocenters. The first-order valence-electron chi connectivity index (χ1n) is 9.68. The van der Waals surface area contributed by atoms with Gasteiger partial charge >= 0.3 is 6.09 Å². The standard InChI is InChI=1S/C21H24NO6/c1-4-27-19(24)22(2)10-9-20-16-12-5-6-14(26-3)17(16)28-18(20)13(23)7-8-21(20,25)15(22)11-12/h5-8,15,18,25H,4,9-11H2,1-3H3/q+1/t15-,18+,20+,21-,22?/m1/s1. The van der Waals surface area contributed by atoms with Crippen LogP contribution >= 0.6 is 0 Å². The normalized spacial score (nSPS) is 39.2. The van der Waals surface area contributed by atoms with Gasteiger partial charge < -0.3 is 19.3 Å². The number of likely N-dealkylation sites (N-methyl/N-ethyl adjacent to an activating group) is 1. The highest BCUT2D eigenvalue weighted by atomic mass is 16.6. The minimum absolute atomic E-state index is 0.0296. The molecule has 1 aromatic rings. The molecule has 5 rings (SSSR count). The molecule has 5 atom stereocenters. The van der Waals surface area contributed by atoms with Crippen LogP contribution in [0.15, 0.2) is 24.3 Å². The third kappa shape index (κ3) is 1.73. The number of amides is 1. The highest BCUT2D eigenvalue weighted by Gasteiger charge is 2.76. The predicted molar refractivity (Wildman–Crippen MR) is 98.4 cm³/mol. The number of carbonyl (C=O) groups is 2. The van der Waals surface area contributed by atoms with E-state index in [0.717, 1.165) is 11.1 Å². The Kier molecular flexibility index (Phi) is 3.39. The molecule has 2 bridgehead atoms. The molecular formula is C21H24NO6+. The van der Waals surface area contributed by atoms with Crippen molar-refractivity contribution in [2.45, 2.75) is 42.9 Å². The van der Waals surface area contributed by atoms with Gasteiger partial charge in [0.1, 0.15) is 11.6 Å². The fourth-order valence-corrected chi connectivity index (χ4v) is 5.97. The van der Waals surface area contributed by atoms with Crippen molar-refractivity contribution in [2.24, 2.45) is 0 Å². The number of ether oxygens (including phenoxy) is 3. The topological polar surface area (TPSA) is 82.1 Å². The summed E-state index contributed by atoms with van der Waals surface area (Å²) in [6, 6.07) is 3.32. The number of rotatable bonds is 2. The third-order valence-corrected chi connectivity index (χ3v) is 7.30. The van der Waals surface area contributed by atoms with E-state index in [1.165, 1.54) is 6.08 Å². The molecule has 7 heteroatoms. The lowest BCUT2D eigenvalue weighted by Crippen LogP contribution is -2.80. The Morgan fingerprint density at radius 3 is 2.93 bits per heavy atom.